The highest BCUT2D eigenvalue weighted by Gasteiger charge is 2.12. The van der Waals surface area contributed by atoms with E-state index in [9.17, 15) is 13.6 Å². The topological polar surface area (TPSA) is 37.3 Å². The Kier molecular flexibility index (Phi) is 4.53. The molecule has 0 saturated heterocycles. The molecular weight excluding hydrogens is 290 g/mol. The Labute approximate surface area is 97.8 Å². The largest absolute Gasteiger partial charge is 0.481 e. The highest BCUT2D eigenvalue weighted by molar-refractivity contribution is 9.10. The molecule has 0 aliphatic heterocycles. The van der Waals surface area contributed by atoms with Crippen LogP contribution in [0.2, 0.25) is 0 Å². The van der Waals surface area contributed by atoms with Crippen LogP contribution in [0.5, 0.6) is 0 Å². The van der Waals surface area contributed by atoms with Gasteiger partial charge in [0.05, 0.1) is 10.2 Å². The molecular formula is C9H7BrF2O2S. The maximum absolute atomic E-state index is 13.3. The Morgan fingerprint density at radius 3 is 2.73 bits per heavy atom. The van der Waals surface area contributed by atoms with E-state index >= 15 is 0 Å². The van der Waals surface area contributed by atoms with Gasteiger partial charge in [0.25, 0.3) is 0 Å². The van der Waals surface area contributed by atoms with Gasteiger partial charge in [-0.05, 0) is 28.1 Å². The summed E-state index contributed by atoms with van der Waals surface area (Å²) >= 11 is 3.88. The van der Waals surface area contributed by atoms with Gasteiger partial charge < -0.3 is 5.11 Å². The third kappa shape index (κ3) is 3.46. The lowest BCUT2D eigenvalue weighted by Crippen LogP contribution is -2.00. The number of carboxylic acid groups (broad SMARTS) is 1. The van der Waals surface area contributed by atoms with Gasteiger partial charge in [-0.25, -0.2) is 8.78 Å². The van der Waals surface area contributed by atoms with Crippen LogP contribution in [0, 0.1) is 11.6 Å². The van der Waals surface area contributed by atoms with Crippen LogP contribution in [0.3, 0.4) is 0 Å². The summed E-state index contributed by atoms with van der Waals surface area (Å²) in [6, 6.07) is 2.42. The van der Waals surface area contributed by atoms with Crippen molar-refractivity contribution in [2.45, 2.75) is 5.75 Å². The Balaban J connectivity index is 2.75. The molecule has 0 fully saturated rings. The van der Waals surface area contributed by atoms with Gasteiger partial charge in [0, 0.05) is 11.3 Å². The first kappa shape index (κ1) is 12.4. The maximum Gasteiger partial charge on any atom is 0.313 e. The Hall–Kier alpha value is -0.620. The third-order valence-corrected chi connectivity index (χ3v) is 3.17. The summed E-state index contributed by atoms with van der Waals surface area (Å²) in [6.07, 6.45) is 0. The van der Waals surface area contributed by atoms with Crippen molar-refractivity contribution in [3.8, 4) is 0 Å². The van der Waals surface area contributed by atoms with Crippen molar-refractivity contribution in [1.29, 1.82) is 0 Å². The van der Waals surface area contributed by atoms with E-state index in [1.54, 1.807) is 0 Å². The second-order valence-electron chi connectivity index (χ2n) is 2.71. The number of carbonyl (C=O) groups is 1. The maximum atomic E-state index is 13.3. The molecule has 2 nitrogen and oxygen atoms in total. The van der Waals surface area contributed by atoms with E-state index in [0.717, 1.165) is 17.8 Å². The summed E-state index contributed by atoms with van der Waals surface area (Å²) in [7, 11) is 0. The Morgan fingerprint density at radius 1 is 1.47 bits per heavy atom. The fourth-order valence-electron chi connectivity index (χ4n) is 0.942. The van der Waals surface area contributed by atoms with Gasteiger partial charge in [-0.1, -0.05) is 0 Å². The number of hydrogen-bond acceptors (Lipinski definition) is 2. The number of aliphatic carboxylic acids is 1. The lowest BCUT2D eigenvalue weighted by molar-refractivity contribution is -0.133. The van der Waals surface area contributed by atoms with Crippen LogP contribution >= 0.6 is 27.7 Å². The lowest BCUT2D eigenvalue weighted by atomic mass is 10.2. The van der Waals surface area contributed by atoms with E-state index in [1.165, 1.54) is 6.07 Å². The average Bonchev–Trinajstić information content (AvgIpc) is 2.17. The van der Waals surface area contributed by atoms with Crippen LogP contribution in [-0.4, -0.2) is 16.8 Å². The first-order chi connectivity index (χ1) is 7.02. The van der Waals surface area contributed by atoms with Crippen LogP contribution in [0.1, 0.15) is 5.56 Å². The number of thioether (sulfide) groups is 1. The smallest absolute Gasteiger partial charge is 0.313 e. The zero-order valence-electron chi connectivity index (χ0n) is 7.47. The predicted octanol–water partition coefficient (Wildman–Crippen LogP) is 3.05. The summed E-state index contributed by atoms with van der Waals surface area (Å²) in [5.41, 5.74) is -0.101. The highest BCUT2D eigenvalue weighted by Crippen LogP contribution is 2.24. The van der Waals surface area contributed by atoms with E-state index in [1.807, 2.05) is 0 Å². The molecule has 82 valence electrons. The molecule has 0 amide bonds. The van der Waals surface area contributed by atoms with Crippen molar-refractivity contribution < 1.29 is 18.7 Å². The minimum atomic E-state index is -1.00. The van der Waals surface area contributed by atoms with Crippen molar-refractivity contribution in [1.82, 2.24) is 0 Å². The molecule has 0 radical (unpaired) electrons. The van der Waals surface area contributed by atoms with Crippen molar-refractivity contribution >= 4 is 33.7 Å². The minimum Gasteiger partial charge on any atom is -0.481 e. The zero-order valence-corrected chi connectivity index (χ0v) is 9.87. The molecule has 6 heteroatoms. The number of rotatable bonds is 4. The Bertz CT molecular complexity index is 385. The van der Waals surface area contributed by atoms with Gasteiger partial charge in [0.1, 0.15) is 11.6 Å². The molecule has 0 atom stereocenters. The number of halogens is 3. The number of hydrogen-bond donors (Lipinski definition) is 1. The quantitative estimate of drug-likeness (QED) is 0.868. The van der Waals surface area contributed by atoms with Crippen LogP contribution in [0.4, 0.5) is 8.78 Å². The van der Waals surface area contributed by atoms with Gasteiger partial charge >= 0.3 is 5.97 Å². The molecule has 0 heterocycles. The number of benzene rings is 1. The summed E-state index contributed by atoms with van der Waals surface area (Å²) < 4.78 is 26.6. The molecule has 0 saturated carbocycles. The van der Waals surface area contributed by atoms with Crippen molar-refractivity contribution in [2.75, 3.05) is 5.75 Å². The van der Waals surface area contributed by atoms with Gasteiger partial charge in [0.2, 0.25) is 0 Å². The highest BCUT2D eigenvalue weighted by atomic mass is 79.9. The standard InChI is InChI=1S/C9H7BrF2O2S/c10-6-1-2-7(11)5(9(6)12)3-15-4-8(13)14/h1-2H,3-4H2,(H,13,14). The van der Waals surface area contributed by atoms with Crippen LogP contribution < -0.4 is 0 Å². The summed E-state index contributed by atoms with van der Waals surface area (Å²) in [4.78, 5) is 10.2. The van der Waals surface area contributed by atoms with Crippen LogP contribution in [-0.2, 0) is 10.5 Å². The molecule has 1 rings (SSSR count). The minimum absolute atomic E-state index is 0.00338. The average molecular weight is 297 g/mol. The summed E-state index contributed by atoms with van der Waals surface area (Å²) in [5.74, 6) is -2.51. The molecule has 0 bridgehead atoms. The van der Waals surface area contributed by atoms with E-state index in [0.29, 0.717) is 0 Å². The Morgan fingerprint density at radius 2 is 2.13 bits per heavy atom. The second-order valence-corrected chi connectivity index (χ2v) is 4.55. The molecule has 1 aromatic rings. The molecule has 0 spiro atoms. The van der Waals surface area contributed by atoms with Crippen molar-refractivity contribution in [3.05, 3.63) is 33.8 Å². The molecule has 0 unspecified atom stereocenters. The fourth-order valence-corrected chi connectivity index (χ4v) is 2.06. The SMILES string of the molecule is O=C(O)CSCc1c(F)ccc(Br)c1F. The van der Waals surface area contributed by atoms with E-state index in [4.69, 9.17) is 5.11 Å². The summed E-state index contributed by atoms with van der Waals surface area (Å²) in [6.45, 7) is 0. The lowest BCUT2D eigenvalue weighted by Gasteiger charge is -2.05. The molecule has 0 aromatic heterocycles. The molecule has 0 aliphatic carbocycles. The normalized spacial score (nSPS) is 10.3. The van der Waals surface area contributed by atoms with Crippen LogP contribution in [0.25, 0.3) is 0 Å². The first-order valence-corrected chi connectivity index (χ1v) is 5.89. The molecule has 1 N–H and O–H groups in total. The molecule has 1 aromatic carbocycles. The predicted molar refractivity (Wildman–Crippen MR) is 57.9 cm³/mol. The van der Waals surface area contributed by atoms with E-state index in [2.05, 4.69) is 15.9 Å². The molecule has 0 aliphatic rings. The van der Waals surface area contributed by atoms with Gasteiger partial charge in [-0.3, -0.25) is 4.79 Å². The second kappa shape index (κ2) is 5.46. The molecule has 15 heavy (non-hydrogen) atoms. The van der Waals surface area contributed by atoms with Crippen LogP contribution in [0.15, 0.2) is 16.6 Å². The van der Waals surface area contributed by atoms with Crippen molar-refractivity contribution in [2.24, 2.45) is 0 Å². The van der Waals surface area contributed by atoms with Gasteiger partial charge in [0.15, 0.2) is 0 Å². The van der Waals surface area contributed by atoms with E-state index < -0.39 is 17.6 Å². The first-order valence-electron chi connectivity index (χ1n) is 3.94. The number of carboxylic acids is 1. The van der Waals surface area contributed by atoms with Gasteiger partial charge in [-0.15, -0.1) is 11.8 Å². The monoisotopic (exact) mass is 296 g/mol. The zero-order chi connectivity index (χ0) is 11.4. The van der Waals surface area contributed by atoms with Gasteiger partial charge in [-0.2, -0.15) is 0 Å². The van der Waals surface area contributed by atoms with E-state index in [-0.39, 0.29) is 21.5 Å². The summed E-state index contributed by atoms with van der Waals surface area (Å²) in [5, 5.41) is 8.37. The van der Waals surface area contributed by atoms with Crippen molar-refractivity contribution in [3.63, 3.8) is 0 Å². The fraction of sp³-hybridized carbons (Fsp3) is 0.222. The third-order valence-electron chi connectivity index (χ3n) is 1.61.